The Morgan fingerprint density at radius 2 is 2.17 bits per heavy atom. The van der Waals surface area contributed by atoms with E-state index < -0.39 is 0 Å². The van der Waals surface area contributed by atoms with Crippen molar-refractivity contribution in [3.63, 3.8) is 0 Å². The summed E-state index contributed by atoms with van der Waals surface area (Å²) in [4.78, 5) is 25.0. The normalized spacial score (nSPS) is 19.9. The minimum atomic E-state index is -0.305. The second-order valence-corrected chi connectivity index (χ2v) is 5.50. The summed E-state index contributed by atoms with van der Waals surface area (Å²) in [7, 11) is 0. The van der Waals surface area contributed by atoms with Crippen molar-refractivity contribution in [3.05, 3.63) is 33.8 Å². The monoisotopic (exact) mass is 310 g/mol. The van der Waals surface area contributed by atoms with Crippen LogP contribution in [0.5, 0.6) is 0 Å². The van der Waals surface area contributed by atoms with Crippen LogP contribution in [0.4, 0.5) is 4.79 Å². The van der Waals surface area contributed by atoms with E-state index in [0.717, 1.165) is 15.6 Å². The van der Waals surface area contributed by atoms with Crippen LogP contribution in [0.1, 0.15) is 18.1 Å². The molecular formula is C13H15BrN2O2. The summed E-state index contributed by atoms with van der Waals surface area (Å²) < 4.78 is 0.992. The molecule has 0 aromatic heterocycles. The number of hydrogen-bond donors (Lipinski definition) is 1. The fourth-order valence-electron chi connectivity index (χ4n) is 1.95. The standard InChI is InChI=1S/C13H15BrN2O2/c1-8-5-11(14)4-3-10(8)7-16-12(17)9(2)6-15-13(16)18/h3-5,9H,6-7H2,1-2H3,(H,15,18). The molecule has 1 saturated heterocycles. The molecule has 1 aromatic rings. The van der Waals surface area contributed by atoms with Gasteiger partial charge in [0.1, 0.15) is 0 Å². The number of nitrogens with one attached hydrogen (secondary N) is 1. The Labute approximate surface area is 114 Å². The third kappa shape index (κ3) is 2.56. The maximum absolute atomic E-state index is 12.0. The number of nitrogens with zero attached hydrogens (tertiary/aromatic N) is 1. The molecule has 96 valence electrons. The first-order chi connectivity index (χ1) is 8.49. The molecule has 1 heterocycles. The lowest BCUT2D eigenvalue weighted by atomic mass is 10.1. The predicted molar refractivity (Wildman–Crippen MR) is 72.0 cm³/mol. The van der Waals surface area contributed by atoms with Crippen LogP contribution in [0.25, 0.3) is 0 Å². The van der Waals surface area contributed by atoms with Crippen LogP contribution in [0, 0.1) is 12.8 Å². The van der Waals surface area contributed by atoms with Crippen molar-refractivity contribution in [1.29, 1.82) is 0 Å². The number of urea groups is 1. The van der Waals surface area contributed by atoms with Gasteiger partial charge in [0.05, 0.1) is 12.5 Å². The highest BCUT2D eigenvalue weighted by atomic mass is 79.9. The van der Waals surface area contributed by atoms with Gasteiger partial charge in [-0.05, 0) is 30.2 Å². The van der Waals surface area contributed by atoms with Gasteiger partial charge in [-0.3, -0.25) is 9.69 Å². The summed E-state index contributed by atoms with van der Waals surface area (Å²) in [6, 6.07) is 5.52. The maximum Gasteiger partial charge on any atom is 0.324 e. The first kappa shape index (κ1) is 13.1. The third-order valence-electron chi connectivity index (χ3n) is 3.13. The molecular weight excluding hydrogens is 296 g/mol. The van der Waals surface area contributed by atoms with Gasteiger partial charge < -0.3 is 5.32 Å². The van der Waals surface area contributed by atoms with Crippen molar-refractivity contribution >= 4 is 27.9 Å². The Morgan fingerprint density at radius 3 is 2.83 bits per heavy atom. The molecule has 1 aliphatic heterocycles. The Morgan fingerprint density at radius 1 is 1.44 bits per heavy atom. The van der Waals surface area contributed by atoms with Gasteiger partial charge in [-0.25, -0.2) is 4.79 Å². The van der Waals surface area contributed by atoms with E-state index in [1.165, 1.54) is 4.90 Å². The van der Waals surface area contributed by atoms with Crippen molar-refractivity contribution in [2.24, 2.45) is 5.92 Å². The number of rotatable bonds is 2. The Kier molecular flexibility index (Phi) is 3.71. The van der Waals surface area contributed by atoms with Crippen molar-refractivity contribution < 1.29 is 9.59 Å². The second kappa shape index (κ2) is 5.10. The Bertz CT molecular complexity index is 502. The number of carbonyl (C=O) groups is 2. The number of benzene rings is 1. The average molecular weight is 311 g/mol. The van der Waals surface area contributed by atoms with E-state index in [1.54, 1.807) is 0 Å². The van der Waals surface area contributed by atoms with Crippen LogP contribution in [0.2, 0.25) is 0 Å². The average Bonchev–Trinajstić information content (AvgIpc) is 2.32. The van der Waals surface area contributed by atoms with Crippen LogP contribution in [-0.2, 0) is 11.3 Å². The van der Waals surface area contributed by atoms with Crippen LogP contribution >= 0.6 is 15.9 Å². The summed E-state index contributed by atoms with van der Waals surface area (Å²) in [6.45, 7) is 4.54. The van der Waals surface area contributed by atoms with Gasteiger partial charge in [0.25, 0.3) is 0 Å². The molecule has 0 saturated carbocycles. The molecule has 2 rings (SSSR count). The van der Waals surface area contributed by atoms with Gasteiger partial charge >= 0.3 is 6.03 Å². The first-order valence-electron chi connectivity index (χ1n) is 5.83. The number of carbonyl (C=O) groups excluding carboxylic acids is 2. The summed E-state index contributed by atoms with van der Waals surface area (Å²) in [6.07, 6.45) is 0. The molecule has 0 bridgehead atoms. The number of imide groups is 1. The number of amides is 3. The second-order valence-electron chi connectivity index (χ2n) is 4.58. The topological polar surface area (TPSA) is 49.4 Å². The number of hydrogen-bond acceptors (Lipinski definition) is 2. The van der Waals surface area contributed by atoms with E-state index in [-0.39, 0.29) is 17.9 Å². The zero-order chi connectivity index (χ0) is 13.3. The third-order valence-corrected chi connectivity index (χ3v) is 3.62. The van der Waals surface area contributed by atoms with Crippen LogP contribution in [0.15, 0.2) is 22.7 Å². The molecule has 1 aliphatic rings. The van der Waals surface area contributed by atoms with Crippen LogP contribution < -0.4 is 5.32 Å². The van der Waals surface area contributed by atoms with Crippen molar-refractivity contribution in [2.45, 2.75) is 20.4 Å². The highest BCUT2D eigenvalue weighted by Crippen LogP contribution is 2.19. The molecule has 0 aliphatic carbocycles. The molecule has 1 unspecified atom stereocenters. The quantitative estimate of drug-likeness (QED) is 0.912. The molecule has 4 nitrogen and oxygen atoms in total. The van der Waals surface area contributed by atoms with Gasteiger partial charge in [0, 0.05) is 11.0 Å². The number of halogens is 1. The Balaban J connectivity index is 2.21. The molecule has 0 radical (unpaired) electrons. The van der Waals surface area contributed by atoms with Gasteiger partial charge in [-0.15, -0.1) is 0 Å². The molecule has 1 N–H and O–H groups in total. The highest BCUT2D eigenvalue weighted by molar-refractivity contribution is 9.10. The lowest BCUT2D eigenvalue weighted by molar-refractivity contribution is -0.133. The molecule has 1 atom stereocenters. The van der Waals surface area contributed by atoms with Gasteiger partial charge in [0.15, 0.2) is 0 Å². The molecule has 1 aromatic carbocycles. The lowest BCUT2D eigenvalue weighted by Crippen LogP contribution is -2.53. The smallest absolute Gasteiger partial charge is 0.324 e. The molecule has 1 fully saturated rings. The van der Waals surface area contributed by atoms with E-state index >= 15 is 0 Å². The Hall–Kier alpha value is -1.36. The van der Waals surface area contributed by atoms with E-state index in [1.807, 2.05) is 32.0 Å². The summed E-state index contributed by atoms with van der Waals surface area (Å²) in [5.74, 6) is -0.264. The molecule has 0 spiro atoms. The minimum absolute atomic E-state index is 0.110. The van der Waals surface area contributed by atoms with E-state index in [0.29, 0.717) is 13.1 Å². The van der Waals surface area contributed by atoms with Crippen molar-refractivity contribution in [2.75, 3.05) is 6.54 Å². The first-order valence-corrected chi connectivity index (χ1v) is 6.62. The van der Waals surface area contributed by atoms with Gasteiger partial charge in [0.2, 0.25) is 5.91 Å². The van der Waals surface area contributed by atoms with Crippen molar-refractivity contribution in [1.82, 2.24) is 10.2 Å². The van der Waals surface area contributed by atoms with Gasteiger partial charge in [-0.2, -0.15) is 0 Å². The largest absolute Gasteiger partial charge is 0.337 e. The highest BCUT2D eigenvalue weighted by Gasteiger charge is 2.31. The molecule has 3 amide bonds. The van der Waals surface area contributed by atoms with E-state index in [2.05, 4.69) is 21.2 Å². The SMILES string of the molecule is Cc1cc(Br)ccc1CN1C(=O)NCC(C)C1=O. The summed E-state index contributed by atoms with van der Waals surface area (Å²) in [5.41, 5.74) is 2.04. The summed E-state index contributed by atoms with van der Waals surface area (Å²) >= 11 is 3.39. The van der Waals surface area contributed by atoms with E-state index in [4.69, 9.17) is 0 Å². The van der Waals surface area contributed by atoms with E-state index in [9.17, 15) is 9.59 Å². The molecule has 5 heteroatoms. The fraction of sp³-hybridized carbons (Fsp3) is 0.385. The minimum Gasteiger partial charge on any atom is -0.337 e. The molecule has 18 heavy (non-hydrogen) atoms. The summed E-state index contributed by atoms with van der Waals surface area (Å²) in [5, 5.41) is 2.72. The lowest BCUT2D eigenvalue weighted by Gasteiger charge is -2.30. The maximum atomic E-state index is 12.0. The van der Waals surface area contributed by atoms with Crippen molar-refractivity contribution in [3.8, 4) is 0 Å². The van der Waals surface area contributed by atoms with Gasteiger partial charge in [-0.1, -0.05) is 28.9 Å². The predicted octanol–water partition coefficient (Wildman–Crippen LogP) is 2.45. The fourth-order valence-corrected chi connectivity index (χ4v) is 2.42. The number of aryl methyl sites for hydroxylation is 1. The van der Waals surface area contributed by atoms with Crippen LogP contribution in [-0.4, -0.2) is 23.4 Å². The van der Waals surface area contributed by atoms with Crippen LogP contribution in [0.3, 0.4) is 0 Å². The zero-order valence-corrected chi connectivity index (χ0v) is 12.0. The zero-order valence-electron chi connectivity index (χ0n) is 10.4.